The fraction of sp³-hybridized carbons (Fsp3) is 0.227. The average Bonchev–Trinajstić information content (AvgIpc) is 2.68. The predicted octanol–water partition coefficient (Wildman–Crippen LogP) is 4.96. The van der Waals surface area contributed by atoms with Gasteiger partial charge in [0.15, 0.2) is 6.61 Å². The van der Waals surface area contributed by atoms with E-state index in [2.05, 4.69) is 45.3 Å². The molecule has 5 nitrogen and oxygen atoms in total. The lowest BCUT2D eigenvalue weighted by molar-refractivity contribution is -0.123. The normalized spacial score (nSPS) is 11.3. The third-order valence-corrected chi connectivity index (χ3v) is 5.18. The highest BCUT2D eigenvalue weighted by molar-refractivity contribution is 9.10. The third-order valence-electron chi connectivity index (χ3n) is 4.33. The second-order valence-corrected chi connectivity index (χ2v) is 7.65. The summed E-state index contributed by atoms with van der Waals surface area (Å²) in [5, 5.41) is 5.06. The molecule has 0 fully saturated rings. The Morgan fingerprint density at radius 2 is 2.07 bits per heavy atom. The van der Waals surface area contributed by atoms with Crippen LogP contribution in [-0.2, 0) is 4.79 Å². The van der Waals surface area contributed by atoms with Gasteiger partial charge < -0.3 is 4.74 Å². The predicted molar refractivity (Wildman–Crippen MR) is 116 cm³/mol. The van der Waals surface area contributed by atoms with Gasteiger partial charge in [0.25, 0.3) is 5.91 Å². The minimum absolute atomic E-state index is 0.105. The minimum Gasteiger partial charge on any atom is -0.483 e. The second-order valence-electron chi connectivity index (χ2n) is 6.80. The standard InChI is InChI=1S/C22H22BrN3O2/c1-14(2)18-11-19(23)15(3)10-20(18)28-13-21(27)26-25-12-17-7-4-6-16-8-5-9-24-22(16)17/h4-12,14H,13H2,1-3H3,(H,26,27)/b25-12+. The molecule has 0 unspecified atom stereocenters. The summed E-state index contributed by atoms with van der Waals surface area (Å²) in [7, 11) is 0. The summed E-state index contributed by atoms with van der Waals surface area (Å²) in [5.74, 6) is 0.680. The SMILES string of the molecule is Cc1cc(OCC(=O)N/N=C/c2cccc3cccnc23)c(C(C)C)cc1Br. The van der Waals surface area contributed by atoms with Crippen LogP contribution in [0.4, 0.5) is 0 Å². The Bertz CT molecular complexity index is 1030. The first-order valence-corrected chi connectivity index (χ1v) is 9.83. The molecule has 2 aromatic carbocycles. The molecular weight excluding hydrogens is 418 g/mol. The topological polar surface area (TPSA) is 63.6 Å². The first kappa shape index (κ1) is 20.0. The van der Waals surface area contributed by atoms with Gasteiger partial charge in [-0.25, -0.2) is 5.43 Å². The largest absolute Gasteiger partial charge is 0.483 e. The molecule has 0 spiro atoms. The van der Waals surface area contributed by atoms with E-state index in [9.17, 15) is 4.79 Å². The number of pyridine rings is 1. The first-order chi connectivity index (χ1) is 13.5. The number of carbonyl (C=O) groups is 1. The molecule has 1 aromatic heterocycles. The minimum atomic E-state index is -0.320. The molecule has 0 aliphatic rings. The van der Waals surface area contributed by atoms with Gasteiger partial charge in [0, 0.05) is 21.6 Å². The highest BCUT2D eigenvalue weighted by Gasteiger charge is 2.12. The van der Waals surface area contributed by atoms with Gasteiger partial charge >= 0.3 is 0 Å². The highest BCUT2D eigenvalue weighted by atomic mass is 79.9. The Morgan fingerprint density at radius 1 is 1.29 bits per heavy atom. The van der Waals surface area contributed by atoms with Crippen LogP contribution < -0.4 is 10.2 Å². The van der Waals surface area contributed by atoms with Gasteiger partial charge in [-0.15, -0.1) is 0 Å². The molecule has 1 heterocycles. The monoisotopic (exact) mass is 439 g/mol. The van der Waals surface area contributed by atoms with E-state index in [1.54, 1.807) is 12.4 Å². The quantitative estimate of drug-likeness (QED) is 0.436. The average molecular weight is 440 g/mol. The maximum absolute atomic E-state index is 12.1. The van der Waals surface area contributed by atoms with Crippen LogP contribution in [0.5, 0.6) is 5.75 Å². The fourth-order valence-corrected chi connectivity index (χ4v) is 3.19. The molecular formula is C22H22BrN3O2. The summed E-state index contributed by atoms with van der Waals surface area (Å²) in [6.07, 6.45) is 3.33. The number of aromatic nitrogens is 1. The molecule has 1 amide bonds. The molecule has 28 heavy (non-hydrogen) atoms. The van der Waals surface area contributed by atoms with Crippen molar-refractivity contribution in [2.24, 2.45) is 5.10 Å². The number of rotatable bonds is 6. The lowest BCUT2D eigenvalue weighted by Gasteiger charge is -2.15. The molecule has 0 aliphatic carbocycles. The Morgan fingerprint density at radius 3 is 2.86 bits per heavy atom. The van der Waals surface area contributed by atoms with Crippen LogP contribution in [0.1, 0.15) is 36.5 Å². The number of ether oxygens (including phenoxy) is 1. The number of para-hydroxylation sites is 1. The number of benzene rings is 2. The second kappa shape index (κ2) is 8.97. The van der Waals surface area contributed by atoms with Crippen molar-refractivity contribution in [1.82, 2.24) is 10.4 Å². The summed E-state index contributed by atoms with van der Waals surface area (Å²) >= 11 is 3.54. The van der Waals surface area contributed by atoms with Crippen molar-refractivity contribution in [1.29, 1.82) is 0 Å². The van der Waals surface area contributed by atoms with Crippen molar-refractivity contribution in [3.8, 4) is 5.75 Å². The zero-order chi connectivity index (χ0) is 20.1. The fourth-order valence-electron chi connectivity index (χ4n) is 2.83. The molecule has 0 saturated heterocycles. The van der Waals surface area contributed by atoms with E-state index in [1.165, 1.54) is 0 Å². The van der Waals surface area contributed by atoms with Crippen molar-refractivity contribution in [2.45, 2.75) is 26.7 Å². The number of carbonyl (C=O) groups excluding carboxylic acids is 1. The van der Waals surface area contributed by atoms with E-state index in [1.807, 2.05) is 49.4 Å². The molecule has 144 valence electrons. The summed E-state index contributed by atoms with van der Waals surface area (Å²) in [4.78, 5) is 16.5. The smallest absolute Gasteiger partial charge is 0.277 e. The van der Waals surface area contributed by atoms with Crippen LogP contribution in [0.3, 0.4) is 0 Å². The summed E-state index contributed by atoms with van der Waals surface area (Å²) < 4.78 is 6.78. The Hall–Kier alpha value is -2.73. The molecule has 3 rings (SSSR count). The molecule has 6 heteroatoms. The van der Waals surface area contributed by atoms with E-state index in [4.69, 9.17) is 4.74 Å². The van der Waals surface area contributed by atoms with Crippen LogP contribution >= 0.6 is 15.9 Å². The maximum Gasteiger partial charge on any atom is 0.277 e. The van der Waals surface area contributed by atoms with Gasteiger partial charge in [0.2, 0.25) is 0 Å². The Labute approximate surface area is 173 Å². The summed E-state index contributed by atoms with van der Waals surface area (Å²) in [6.45, 7) is 6.06. The molecule has 0 radical (unpaired) electrons. The number of amides is 1. The number of nitrogens with zero attached hydrogens (tertiary/aromatic N) is 2. The van der Waals surface area contributed by atoms with Gasteiger partial charge in [-0.3, -0.25) is 9.78 Å². The van der Waals surface area contributed by atoms with Crippen LogP contribution in [-0.4, -0.2) is 23.7 Å². The zero-order valence-corrected chi connectivity index (χ0v) is 17.7. The number of fused-ring (bicyclic) bond motifs is 1. The number of halogens is 1. The number of hydrazone groups is 1. The maximum atomic E-state index is 12.1. The van der Waals surface area contributed by atoms with Crippen molar-refractivity contribution < 1.29 is 9.53 Å². The van der Waals surface area contributed by atoms with Gasteiger partial charge in [0.05, 0.1) is 11.7 Å². The van der Waals surface area contributed by atoms with Crippen LogP contribution in [0, 0.1) is 6.92 Å². The first-order valence-electron chi connectivity index (χ1n) is 9.04. The van der Waals surface area contributed by atoms with Crippen molar-refractivity contribution in [3.63, 3.8) is 0 Å². The van der Waals surface area contributed by atoms with E-state index >= 15 is 0 Å². The van der Waals surface area contributed by atoms with Gasteiger partial charge in [-0.05, 0) is 42.2 Å². The number of hydrogen-bond acceptors (Lipinski definition) is 4. The van der Waals surface area contributed by atoms with Crippen molar-refractivity contribution in [2.75, 3.05) is 6.61 Å². The molecule has 0 saturated carbocycles. The number of nitrogens with one attached hydrogen (secondary N) is 1. The molecule has 3 aromatic rings. The highest BCUT2D eigenvalue weighted by Crippen LogP contribution is 2.32. The van der Waals surface area contributed by atoms with Gasteiger partial charge in [-0.2, -0.15) is 5.10 Å². The summed E-state index contributed by atoms with van der Waals surface area (Å²) in [5.41, 5.74) is 6.29. The van der Waals surface area contributed by atoms with Gasteiger partial charge in [-0.1, -0.05) is 54.0 Å². The van der Waals surface area contributed by atoms with Gasteiger partial charge in [0.1, 0.15) is 5.75 Å². The Kier molecular flexibility index (Phi) is 6.41. The summed E-state index contributed by atoms with van der Waals surface area (Å²) in [6, 6.07) is 13.7. The third kappa shape index (κ3) is 4.75. The molecule has 0 aliphatic heterocycles. The number of aryl methyl sites for hydroxylation is 1. The number of hydrogen-bond donors (Lipinski definition) is 1. The lowest BCUT2D eigenvalue weighted by atomic mass is 10.0. The van der Waals surface area contributed by atoms with Crippen LogP contribution in [0.2, 0.25) is 0 Å². The zero-order valence-electron chi connectivity index (χ0n) is 16.1. The van der Waals surface area contributed by atoms with E-state index in [-0.39, 0.29) is 18.4 Å². The van der Waals surface area contributed by atoms with Crippen molar-refractivity contribution in [3.05, 3.63) is 69.8 Å². The molecule has 1 N–H and O–H groups in total. The van der Waals surface area contributed by atoms with E-state index in [0.29, 0.717) is 5.75 Å². The lowest BCUT2D eigenvalue weighted by Crippen LogP contribution is -2.25. The van der Waals surface area contributed by atoms with Crippen LogP contribution in [0.25, 0.3) is 10.9 Å². The van der Waals surface area contributed by atoms with E-state index in [0.717, 1.165) is 32.1 Å². The Balaban J connectivity index is 1.64. The molecule has 0 bridgehead atoms. The molecule has 0 atom stereocenters. The van der Waals surface area contributed by atoms with E-state index < -0.39 is 0 Å². The van der Waals surface area contributed by atoms with Crippen molar-refractivity contribution >= 4 is 39.0 Å². The van der Waals surface area contributed by atoms with Crippen LogP contribution in [0.15, 0.2) is 58.2 Å².